The van der Waals surface area contributed by atoms with Crippen LogP contribution in [0.4, 0.5) is 0 Å². The fourth-order valence-corrected chi connectivity index (χ4v) is 5.24. The van der Waals surface area contributed by atoms with Crippen molar-refractivity contribution in [1.29, 1.82) is 0 Å². The number of carbonyl (C=O) groups excluding carboxylic acids is 1. The second-order valence-electron chi connectivity index (χ2n) is 6.93. The second kappa shape index (κ2) is 5.07. The molecule has 0 aromatic rings. The van der Waals surface area contributed by atoms with Gasteiger partial charge < -0.3 is 5.32 Å². The zero-order chi connectivity index (χ0) is 12.6. The van der Waals surface area contributed by atoms with Gasteiger partial charge in [-0.1, -0.05) is 0 Å². The third-order valence-corrected chi connectivity index (χ3v) is 5.57. The summed E-state index contributed by atoms with van der Waals surface area (Å²) in [6, 6.07) is 0. The topological polar surface area (TPSA) is 29.1 Å². The van der Waals surface area contributed by atoms with Gasteiger partial charge in [0, 0.05) is 12.0 Å². The Bertz CT molecular complexity index is 293. The molecule has 0 unspecified atom stereocenters. The first-order valence-electron chi connectivity index (χ1n) is 7.61. The molecule has 0 spiro atoms. The molecule has 4 rings (SSSR count). The van der Waals surface area contributed by atoms with Crippen LogP contribution in [-0.4, -0.2) is 17.2 Å². The molecule has 3 heteroatoms. The van der Waals surface area contributed by atoms with Gasteiger partial charge in [0.25, 0.3) is 0 Å². The molecule has 0 saturated heterocycles. The Kier molecular flexibility index (Phi) is 3.61. The lowest BCUT2D eigenvalue weighted by Crippen LogP contribution is -2.59. The summed E-state index contributed by atoms with van der Waals surface area (Å²) >= 11 is 4.20. The van der Waals surface area contributed by atoms with Crippen LogP contribution in [0.25, 0.3) is 0 Å². The highest BCUT2D eigenvalue weighted by Crippen LogP contribution is 2.55. The monoisotopic (exact) mass is 267 g/mol. The zero-order valence-electron chi connectivity index (χ0n) is 11.2. The predicted octanol–water partition coefficient (Wildman–Crippen LogP) is 3.17. The number of unbranched alkanes of at least 4 members (excludes halogenated alkanes) is 1. The van der Waals surface area contributed by atoms with Crippen molar-refractivity contribution < 1.29 is 4.79 Å². The average Bonchev–Trinajstić information content (AvgIpc) is 2.26. The van der Waals surface area contributed by atoms with E-state index in [4.69, 9.17) is 0 Å². The minimum Gasteiger partial charge on any atom is -0.351 e. The summed E-state index contributed by atoms with van der Waals surface area (Å²) in [5.41, 5.74) is 0.201. The molecule has 4 bridgehead atoms. The van der Waals surface area contributed by atoms with Gasteiger partial charge in [0.15, 0.2) is 0 Å². The summed E-state index contributed by atoms with van der Waals surface area (Å²) in [6.07, 6.45) is 10.8. The van der Waals surface area contributed by atoms with E-state index in [0.717, 1.165) is 36.3 Å². The third-order valence-electron chi connectivity index (χ3n) is 5.25. The molecule has 0 heterocycles. The van der Waals surface area contributed by atoms with Crippen LogP contribution < -0.4 is 5.32 Å². The van der Waals surface area contributed by atoms with E-state index in [1.807, 2.05) is 0 Å². The van der Waals surface area contributed by atoms with Crippen LogP contribution in [0.1, 0.15) is 57.8 Å². The molecule has 0 aromatic carbocycles. The quantitative estimate of drug-likeness (QED) is 0.581. The van der Waals surface area contributed by atoms with E-state index in [9.17, 15) is 4.79 Å². The SMILES string of the molecule is O=C(CCCCS)NC12CC3CC(CC(C3)C1)C2. The number of hydrogen-bond acceptors (Lipinski definition) is 2. The molecule has 1 amide bonds. The molecule has 18 heavy (non-hydrogen) atoms. The number of amides is 1. The maximum Gasteiger partial charge on any atom is 0.220 e. The molecule has 4 aliphatic carbocycles. The predicted molar refractivity (Wildman–Crippen MR) is 76.7 cm³/mol. The van der Waals surface area contributed by atoms with Crippen molar-refractivity contribution in [2.24, 2.45) is 17.8 Å². The van der Waals surface area contributed by atoms with E-state index >= 15 is 0 Å². The maximum absolute atomic E-state index is 12.1. The summed E-state index contributed by atoms with van der Waals surface area (Å²) < 4.78 is 0. The Morgan fingerprint density at radius 3 is 2.11 bits per heavy atom. The van der Waals surface area contributed by atoms with Gasteiger partial charge in [-0.05, 0) is 74.9 Å². The van der Waals surface area contributed by atoms with Crippen molar-refractivity contribution in [3.63, 3.8) is 0 Å². The molecule has 0 radical (unpaired) electrons. The minimum absolute atomic E-state index is 0.201. The van der Waals surface area contributed by atoms with Crippen LogP contribution in [0.2, 0.25) is 0 Å². The molecule has 4 aliphatic rings. The van der Waals surface area contributed by atoms with Gasteiger partial charge in [0.1, 0.15) is 0 Å². The molecule has 4 fully saturated rings. The van der Waals surface area contributed by atoms with Gasteiger partial charge in [0.2, 0.25) is 5.91 Å². The van der Waals surface area contributed by atoms with Crippen molar-refractivity contribution in [2.45, 2.75) is 63.3 Å². The Morgan fingerprint density at radius 1 is 1.06 bits per heavy atom. The fraction of sp³-hybridized carbons (Fsp3) is 0.933. The molecule has 0 aliphatic heterocycles. The second-order valence-corrected chi connectivity index (χ2v) is 7.37. The number of carbonyl (C=O) groups is 1. The van der Waals surface area contributed by atoms with E-state index in [2.05, 4.69) is 17.9 Å². The van der Waals surface area contributed by atoms with Crippen LogP contribution in [0, 0.1) is 17.8 Å². The molecule has 4 saturated carbocycles. The molecule has 0 aromatic heterocycles. The highest BCUT2D eigenvalue weighted by Gasteiger charge is 2.51. The van der Waals surface area contributed by atoms with E-state index in [-0.39, 0.29) is 5.54 Å². The lowest BCUT2D eigenvalue weighted by Gasteiger charge is -2.56. The fourth-order valence-electron chi connectivity index (χ4n) is 5.02. The third kappa shape index (κ3) is 2.56. The first kappa shape index (κ1) is 12.8. The first-order chi connectivity index (χ1) is 8.69. The Hall–Kier alpha value is -0.180. The van der Waals surface area contributed by atoms with Gasteiger partial charge >= 0.3 is 0 Å². The van der Waals surface area contributed by atoms with E-state index in [1.165, 1.54) is 38.5 Å². The summed E-state index contributed by atoms with van der Waals surface area (Å²) in [4.78, 5) is 12.1. The van der Waals surface area contributed by atoms with Crippen LogP contribution in [0.15, 0.2) is 0 Å². The number of hydrogen-bond donors (Lipinski definition) is 2. The maximum atomic E-state index is 12.1. The van der Waals surface area contributed by atoms with Crippen LogP contribution in [-0.2, 0) is 4.79 Å². The lowest BCUT2D eigenvalue weighted by molar-refractivity contribution is -0.126. The highest BCUT2D eigenvalue weighted by molar-refractivity contribution is 7.80. The molecular weight excluding hydrogens is 242 g/mol. The van der Waals surface area contributed by atoms with Gasteiger partial charge in [-0.3, -0.25) is 4.79 Å². The molecule has 1 N–H and O–H groups in total. The van der Waals surface area contributed by atoms with Crippen molar-refractivity contribution >= 4 is 18.5 Å². The number of rotatable bonds is 5. The van der Waals surface area contributed by atoms with E-state index < -0.39 is 0 Å². The standard InChI is InChI=1S/C15H25NOS/c17-14(3-1-2-4-18)16-15-8-11-5-12(9-15)7-13(6-11)10-15/h11-13,18H,1-10H2,(H,16,17). The smallest absolute Gasteiger partial charge is 0.220 e. The Morgan fingerprint density at radius 2 is 1.61 bits per heavy atom. The Balaban J connectivity index is 1.57. The van der Waals surface area contributed by atoms with Gasteiger partial charge in [-0.25, -0.2) is 0 Å². The van der Waals surface area contributed by atoms with Crippen molar-refractivity contribution in [1.82, 2.24) is 5.32 Å². The van der Waals surface area contributed by atoms with Gasteiger partial charge in [-0.15, -0.1) is 0 Å². The van der Waals surface area contributed by atoms with E-state index in [1.54, 1.807) is 0 Å². The van der Waals surface area contributed by atoms with Crippen LogP contribution in [0.5, 0.6) is 0 Å². The lowest BCUT2D eigenvalue weighted by atomic mass is 9.53. The highest BCUT2D eigenvalue weighted by atomic mass is 32.1. The van der Waals surface area contributed by atoms with E-state index in [0.29, 0.717) is 12.3 Å². The van der Waals surface area contributed by atoms with Crippen LogP contribution >= 0.6 is 12.6 Å². The van der Waals surface area contributed by atoms with Crippen molar-refractivity contribution in [3.8, 4) is 0 Å². The number of nitrogens with one attached hydrogen (secondary N) is 1. The Labute approximate surface area is 116 Å². The molecule has 2 nitrogen and oxygen atoms in total. The summed E-state index contributed by atoms with van der Waals surface area (Å²) in [7, 11) is 0. The normalized spacial score (nSPS) is 41.1. The van der Waals surface area contributed by atoms with Gasteiger partial charge in [0.05, 0.1) is 0 Å². The zero-order valence-corrected chi connectivity index (χ0v) is 12.1. The van der Waals surface area contributed by atoms with Crippen molar-refractivity contribution in [3.05, 3.63) is 0 Å². The van der Waals surface area contributed by atoms with Crippen molar-refractivity contribution in [2.75, 3.05) is 5.75 Å². The summed E-state index contributed by atoms with van der Waals surface area (Å²) in [5, 5.41) is 3.42. The summed E-state index contributed by atoms with van der Waals surface area (Å²) in [6.45, 7) is 0. The minimum atomic E-state index is 0.201. The molecular formula is C15H25NOS. The molecule has 102 valence electrons. The first-order valence-corrected chi connectivity index (χ1v) is 8.24. The average molecular weight is 267 g/mol. The number of thiol groups is 1. The largest absolute Gasteiger partial charge is 0.351 e. The molecule has 0 atom stereocenters. The van der Waals surface area contributed by atoms with Crippen LogP contribution in [0.3, 0.4) is 0 Å². The van der Waals surface area contributed by atoms with Gasteiger partial charge in [-0.2, -0.15) is 12.6 Å². The summed E-state index contributed by atoms with van der Waals surface area (Å²) in [5.74, 6) is 3.92.